The molecule has 0 saturated carbocycles. The summed E-state index contributed by atoms with van der Waals surface area (Å²) in [5.74, 6) is 0.308. The van der Waals surface area contributed by atoms with Gasteiger partial charge in [-0.25, -0.2) is 13.4 Å². The minimum Gasteiger partial charge on any atom is -0.383 e. The van der Waals surface area contributed by atoms with Gasteiger partial charge >= 0.3 is 0 Å². The Balaban J connectivity index is 2.34. The normalized spacial score (nSPS) is 11.6. The molecule has 0 saturated heterocycles. The van der Waals surface area contributed by atoms with Gasteiger partial charge in [-0.2, -0.15) is 0 Å². The van der Waals surface area contributed by atoms with E-state index in [9.17, 15) is 8.42 Å². The van der Waals surface area contributed by atoms with Crippen LogP contribution in [0.4, 0.5) is 11.5 Å². The van der Waals surface area contributed by atoms with Gasteiger partial charge in [-0.3, -0.25) is 4.72 Å². The van der Waals surface area contributed by atoms with Crippen LogP contribution in [0.1, 0.15) is 25.3 Å². The third-order valence-electron chi connectivity index (χ3n) is 2.89. The SMILES string of the molecule is CC(C)c1cccc(NS(=O)(=O)c2cccnc2N)c1. The molecular weight excluding hydrogens is 274 g/mol. The summed E-state index contributed by atoms with van der Waals surface area (Å²) in [7, 11) is -3.72. The van der Waals surface area contributed by atoms with E-state index >= 15 is 0 Å². The van der Waals surface area contributed by atoms with Crippen LogP contribution in [0.15, 0.2) is 47.5 Å². The first-order valence-corrected chi connectivity index (χ1v) is 7.72. The van der Waals surface area contributed by atoms with Gasteiger partial charge in [0.05, 0.1) is 0 Å². The summed E-state index contributed by atoms with van der Waals surface area (Å²) in [6, 6.07) is 10.3. The van der Waals surface area contributed by atoms with Crippen molar-refractivity contribution in [3.05, 3.63) is 48.2 Å². The van der Waals surface area contributed by atoms with Crippen molar-refractivity contribution in [1.29, 1.82) is 0 Å². The number of nitrogens with one attached hydrogen (secondary N) is 1. The van der Waals surface area contributed by atoms with Crippen molar-refractivity contribution in [2.24, 2.45) is 0 Å². The molecule has 20 heavy (non-hydrogen) atoms. The Hall–Kier alpha value is -2.08. The Morgan fingerprint density at radius 2 is 1.95 bits per heavy atom. The van der Waals surface area contributed by atoms with Crippen LogP contribution in [-0.4, -0.2) is 13.4 Å². The highest BCUT2D eigenvalue weighted by Gasteiger charge is 2.18. The Labute approximate surface area is 118 Å². The second-order valence-electron chi connectivity index (χ2n) is 4.77. The quantitative estimate of drug-likeness (QED) is 0.906. The van der Waals surface area contributed by atoms with E-state index in [1.54, 1.807) is 6.07 Å². The second kappa shape index (κ2) is 5.50. The summed E-state index contributed by atoms with van der Waals surface area (Å²) in [6.07, 6.45) is 1.45. The zero-order valence-corrected chi connectivity index (χ0v) is 12.2. The van der Waals surface area contributed by atoms with Gasteiger partial charge in [-0.05, 0) is 35.7 Å². The number of nitrogens with two attached hydrogens (primary N) is 1. The number of benzene rings is 1. The molecule has 0 aliphatic rings. The van der Waals surface area contributed by atoms with E-state index in [1.165, 1.54) is 18.3 Å². The van der Waals surface area contributed by atoms with Gasteiger partial charge in [-0.1, -0.05) is 26.0 Å². The number of hydrogen-bond acceptors (Lipinski definition) is 4. The number of aromatic nitrogens is 1. The minimum atomic E-state index is -3.72. The van der Waals surface area contributed by atoms with E-state index in [1.807, 2.05) is 32.0 Å². The Morgan fingerprint density at radius 1 is 1.20 bits per heavy atom. The predicted molar refractivity (Wildman–Crippen MR) is 80.0 cm³/mol. The lowest BCUT2D eigenvalue weighted by molar-refractivity contribution is 0.601. The van der Waals surface area contributed by atoms with E-state index in [0.29, 0.717) is 11.6 Å². The van der Waals surface area contributed by atoms with E-state index in [4.69, 9.17) is 5.73 Å². The van der Waals surface area contributed by atoms with Crippen molar-refractivity contribution in [2.45, 2.75) is 24.7 Å². The number of nitrogen functional groups attached to an aromatic ring is 1. The standard InChI is InChI=1S/C14H17N3O2S/c1-10(2)11-5-3-6-12(9-11)17-20(18,19)13-7-4-8-16-14(13)15/h3-10,17H,1-2H3,(H2,15,16). The number of anilines is 2. The van der Waals surface area contributed by atoms with Crippen molar-refractivity contribution in [2.75, 3.05) is 10.5 Å². The molecule has 0 radical (unpaired) electrons. The summed E-state index contributed by atoms with van der Waals surface area (Å²) in [5.41, 5.74) is 7.18. The van der Waals surface area contributed by atoms with Crippen molar-refractivity contribution in [1.82, 2.24) is 4.98 Å². The lowest BCUT2D eigenvalue weighted by Crippen LogP contribution is -2.15. The first-order valence-electron chi connectivity index (χ1n) is 6.23. The monoisotopic (exact) mass is 291 g/mol. The maximum atomic E-state index is 12.3. The molecule has 6 heteroatoms. The fourth-order valence-electron chi connectivity index (χ4n) is 1.80. The Morgan fingerprint density at radius 3 is 2.60 bits per heavy atom. The van der Waals surface area contributed by atoms with Crippen LogP contribution in [0, 0.1) is 0 Å². The highest BCUT2D eigenvalue weighted by Crippen LogP contribution is 2.22. The van der Waals surface area contributed by atoms with Gasteiger partial charge in [0, 0.05) is 11.9 Å². The van der Waals surface area contributed by atoms with E-state index < -0.39 is 10.0 Å². The van der Waals surface area contributed by atoms with Gasteiger partial charge < -0.3 is 5.73 Å². The zero-order chi connectivity index (χ0) is 14.8. The Kier molecular flexibility index (Phi) is 3.94. The molecule has 0 amide bonds. The molecule has 0 aliphatic carbocycles. The fraction of sp³-hybridized carbons (Fsp3) is 0.214. The van der Waals surface area contributed by atoms with Gasteiger partial charge in [-0.15, -0.1) is 0 Å². The largest absolute Gasteiger partial charge is 0.383 e. The second-order valence-corrected chi connectivity index (χ2v) is 6.42. The molecule has 1 aromatic carbocycles. The maximum Gasteiger partial charge on any atom is 0.265 e. The molecule has 0 unspecified atom stereocenters. The van der Waals surface area contributed by atoms with Crippen LogP contribution in [0.3, 0.4) is 0 Å². The van der Waals surface area contributed by atoms with Crippen molar-refractivity contribution in [3.8, 4) is 0 Å². The minimum absolute atomic E-state index is 0.0139. The summed E-state index contributed by atoms with van der Waals surface area (Å²) < 4.78 is 27.1. The smallest absolute Gasteiger partial charge is 0.265 e. The van der Waals surface area contributed by atoms with Crippen molar-refractivity contribution < 1.29 is 8.42 Å². The topological polar surface area (TPSA) is 85.1 Å². The first kappa shape index (κ1) is 14.3. The van der Waals surface area contributed by atoms with Gasteiger partial charge in [0.15, 0.2) is 0 Å². The molecule has 2 rings (SSSR count). The molecule has 0 fully saturated rings. The summed E-state index contributed by atoms with van der Waals surface area (Å²) in [5, 5.41) is 0. The van der Waals surface area contributed by atoms with Crippen LogP contribution in [0.2, 0.25) is 0 Å². The molecule has 106 valence electrons. The lowest BCUT2D eigenvalue weighted by Gasteiger charge is -2.11. The zero-order valence-electron chi connectivity index (χ0n) is 11.4. The van der Waals surface area contributed by atoms with Gasteiger partial charge in [0.1, 0.15) is 10.7 Å². The summed E-state index contributed by atoms with van der Waals surface area (Å²) in [6.45, 7) is 4.10. The van der Waals surface area contributed by atoms with Gasteiger partial charge in [0.2, 0.25) is 0 Å². The molecule has 5 nitrogen and oxygen atoms in total. The lowest BCUT2D eigenvalue weighted by atomic mass is 10.0. The van der Waals surface area contributed by atoms with Crippen molar-refractivity contribution >= 4 is 21.5 Å². The highest BCUT2D eigenvalue weighted by atomic mass is 32.2. The molecular formula is C14H17N3O2S. The number of nitrogens with zero attached hydrogens (tertiary/aromatic N) is 1. The molecule has 1 heterocycles. The molecule has 0 aliphatic heterocycles. The number of pyridine rings is 1. The fourth-order valence-corrected chi connectivity index (χ4v) is 2.93. The third-order valence-corrected chi connectivity index (χ3v) is 4.32. The molecule has 0 atom stereocenters. The number of hydrogen-bond donors (Lipinski definition) is 2. The van der Waals surface area contributed by atoms with E-state index in [0.717, 1.165) is 5.56 Å². The molecule has 2 aromatic rings. The average molecular weight is 291 g/mol. The van der Waals surface area contributed by atoms with Crippen LogP contribution < -0.4 is 10.5 Å². The van der Waals surface area contributed by atoms with Crippen LogP contribution in [-0.2, 0) is 10.0 Å². The maximum absolute atomic E-state index is 12.3. The molecule has 0 spiro atoms. The van der Waals surface area contributed by atoms with E-state index in [2.05, 4.69) is 9.71 Å². The van der Waals surface area contributed by atoms with Gasteiger partial charge in [0.25, 0.3) is 10.0 Å². The highest BCUT2D eigenvalue weighted by molar-refractivity contribution is 7.92. The van der Waals surface area contributed by atoms with Crippen molar-refractivity contribution in [3.63, 3.8) is 0 Å². The molecule has 0 bridgehead atoms. The first-order chi connectivity index (χ1) is 9.40. The number of sulfonamides is 1. The summed E-state index contributed by atoms with van der Waals surface area (Å²) in [4.78, 5) is 3.77. The Bertz CT molecular complexity index is 712. The molecule has 1 aromatic heterocycles. The number of rotatable bonds is 4. The van der Waals surface area contributed by atoms with Crippen LogP contribution in [0.25, 0.3) is 0 Å². The van der Waals surface area contributed by atoms with E-state index in [-0.39, 0.29) is 10.7 Å². The molecule has 3 N–H and O–H groups in total. The predicted octanol–water partition coefficient (Wildman–Crippen LogP) is 2.59. The van der Waals surface area contributed by atoms with Crippen LogP contribution >= 0.6 is 0 Å². The average Bonchev–Trinajstić information content (AvgIpc) is 2.38. The third kappa shape index (κ3) is 3.08. The summed E-state index contributed by atoms with van der Waals surface area (Å²) >= 11 is 0. The van der Waals surface area contributed by atoms with Crippen LogP contribution in [0.5, 0.6) is 0 Å².